The Morgan fingerprint density at radius 3 is 2.87 bits per heavy atom. The second-order valence-electron chi connectivity index (χ2n) is 4.13. The molecular weight excluding hydrogens is 320 g/mol. The molecule has 0 aromatic heterocycles. The molecule has 9 heteroatoms. The van der Waals surface area contributed by atoms with Crippen molar-refractivity contribution < 1.29 is 14.4 Å². The molecule has 1 aromatic carbocycles. The summed E-state index contributed by atoms with van der Waals surface area (Å²) in [5.74, 6) is 0.350. The summed E-state index contributed by atoms with van der Waals surface area (Å²) in [5, 5.41) is 18.2. The molecule has 0 amide bonds. The third kappa shape index (κ3) is 5.55. The minimum atomic E-state index is -0.539. The highest BCUT2D eigenvalue weighted by Crippen LogP contribution is 2.37. The van der Waals surface area contributed by atoms with E-state index in [0.717, 1.165) is 0 Å². The molecule has 0 heterocycles. The SMILES string of the molecule is C=CCNC(=S)N/N=C/c1cc(OCC)c(OC)c([N+](=O)[O-])c1. The van der Waals surface area contributed by atoms with Gasteiger partial charge < -0.3 is 14.8 Å². The Morgan fingerprint density at radius 1 is 1.57 bits per heavy atom. The first kappa shape index (κ1) is 18.4. The minimum Gasteiger partial charge on any atom is -0.490 e. The van der Waals surface area contributed by atoms with Crippen LogP contribution in [-0.2, 0) is 0 Å². The van der Waals surface area contributed by atoms with Crippen LogP contribution in [0.15, 0.2) is 29.9 Å². The van der Waals surface area contributed by atoms with Gasteiger partial charge in [-0.3, -0.25) is 15.5 Å². The number of rotatable bonds is 8. The normalized spacial score (nSPS) is 10.2. The maximum Gasteiger partial charge on any atom is 0.315 e. The molecule has 0 bridgehead atoms. The quantitative estimate of drug-likeness (QED) is 0.246. The number of nitro groups is 1. The van der Waals surface area contributed by atoms with Crippen LogP contribution in [0, 0.1) is 10.1 Å². The van der Waals surface area contributed by atoms with Gasteiger partial charge in [0, 0.05) is 18.2 Å². The van der Waals surface area contributed by atoms with Gasteiger partial charge >= 0.3 is 5.69 Å². The molecule has 0 spiro atoms. The summed E-state index contributed by atoms with van der Waals surface area (Å²) in [4.78, 5) is 10.6. The van der Waals surface area contributed by atoms with Crippen LogP contribution in [-0.4, -0.2) is 36.5 Å². The molecule has 8 nitrogen and oxygen atoms in total. The third-order valence-corrected chi connectivity index (χ3v) is 2.78. The lowest BCUT2D eigenvalue weighted by molar-refractivity contribution is -0.385. The van der Waals surface area contributed by atoms with Gasteiger partial charge in [0.25, 0.3) is 0 Å². The van der Waals surface area contributed by atoms with Crippen LogP contribution < -0.4 is 20.2 Å². The number of methoxy groups -OCH3 is 1. The summed E-state index contributed by atoms with van der Waals surface area (Å²) in [6.45, 7) is 6.18. The lowest BCUT2D eigenvalue weighted by Gasteiger charge is -2.10. The zero-order valence-electron chi connectivity index (χ0n) is 12.9. The lowest BCUT2D eigenvalue weighted by Crippen LogP contribution is -2.31. The summed E-state index contributed by atoms with van der Waals surface area (Å²) in [6.07, 6.45) is 3.05. The van der Waals surface area contributed by atoms with Crippen LogP contribution >= 0.6 is 12.2 Å². The van der Waals surface area contributed by atoms with E-state index in [0.29, 0.717) is 23.8 Å². The number of ether oxygens (including phenoxy) is 2. The molecule has 0 fully saturated rings. The molecule has 2 N–H and O–H groups in total. The molecule has 1 rings (SSSR count). The Morgan fingerprint density at radius 2 is 2.30 bits per heavy atom. The van der Waals surface area contributed by atoms with Crippen molar-refractivity contribution in [2.75, 3.05) is 20.3 Å². The monoisotopic (exact) mass is 338 g/mol. The van der Waals surface area contributed by atoms with E-state index in [4.69, 9.17) is 21.7 Å². The van der Waals surface area contributed by atoms with Crippen molar-refractivity contribution >= 4 is 29.2 Å². The summed E-state index contributed by atoms with van der Waals surface area (Å²) in [7, 11) is 1.35. The molecule has 0 saturated heterocycles. The molecule has 23 heavy (non-hydrogen) atoms. The van der Waals surface area contributed by atoms with Crippen molar-refractivity contribution in [3.63, 3.8) is 0 Å². The van der Waals surface area contributed by atoms with Crippen molar-refractivity contribution in [3.8, 4) is 11.5 Å². The molecule has 0 radical (unpaired) electrons. The van der Waals surface area contributed by atoms with Crippen molar-refractivity contribution in [2.24, 2.45) is 5.10 Å². The van der Waals surface area contributed by atoms with Crippen LogP contribution in [0.2, 0.25) is 0 Å². The van der Waals surface area contributed by atoms with Crippen LogP contribution in [0.1, 0.15) is 12.5 Å². The van der Waals surface area contributed by atoms with Gasteiger partial charge in [-0.05, 0) is 25.2 Å². The maximum absolute atomic E-state index is 11.2. The predicted molar refractivity (Wildman–Crippen MR) is 92.3 cm³/mol. The second kappa shape index (κ2) is 9.36. The van der Waals surface area contributed by atoms with Gasteiger partial charge in [0.05, 0.1) is 24.9 Å². The van der Waals surface area contributed by atoms with Gasteiger partial charge in [0.1, 0.15) is 0 Å². The average Bonchev–Trinajstić information content (AvgIpc) is 2.52. The predicted octanol–water partition coefficient (Wildman–Crippen LogP) is 1.99. The number of hydrazone groups is 1. The van der Waals surface area contributed by atoms with Crippen molar-refractivity contribution in [2.45, 2.75) is 6.92 Å². The van der Waals surface area contributed by atoms with Gasteiger partial charge in [0.15, 0.2) is 10.9 Å². The van der Waals surface area contributed by atoms with Gasteiger partial charge in [-0.2, -0.15) is 5.10 Å². The molecular formula is C14H18N4O4S. The standard InChI is InChI=1S/C14H18N4O4S/c1-4-6-15-14(23)17-16-9-10-7-11(18(19)20)13(21-3)12(8-10)22-5-2/h4,7-9H,1,5-6H2,2-3H3,(H2,15,17,23)/b16-9+. The van der Waals surface area contributed by atoms with Crippen LogP contribution in [0.3, 0.4) is 0 Å². The van der Waals surface area contributed by atoms with Crippen LogP contribution in [0.5, 0.6) is 11.5 Å². The van der Waals surface area contributed by atoms with Gasteiger partial charge in [0.2, 0.25) is 5.75 Å². The Hall–Kier alpha value is -2.68. The van der Waals surface area contributed by atoms with E-state index in [1.54, 1.807) is 19.1 Å². The fourth-order valence-electron chi connectivity index (χ4n) is 1.66. The van der Waals surface area contributed by atoms with Gasteiger partial charge in [-0.25, -0.2) is 0 Å². The first-order valence-corrected chi connectivity index (χ1v) is 7.11. The number of hydrogen-bond donors (Lipinski definition) is 2. The Balaban J connectivity index is 3.00. The Bertz CT molecular complexity index is 619. The van der Waals surface area contributed by atoms with E-state index in [-0.39, 0.29) is 17.2 Å². The fourth-order valence-corrected chi connectivity index (χ4v) is 1.79. The number of benzene rings is 1. The summed E-state index contributed by atoms with van der Waals surface area (Å²) < 4.78 is 10.4. The molecule has 0 atom stereocenters. The Labute approximate surface area is 139 Å². The Kier molecular flexibility index (Phi) is 7.48. The maximum atomic E-state index is 11.2. The smallest absolute Gasteiger partial charge is 0.315 e. The van der Waals surface area contributed by atoms with E-state index in [1.807, 2.05) is 0 Å². The highest BCUT2D eigenvalue weighted by molar-refractivity contribution is 7.80. The zero-order chi connectivity index (χ0) is 17.2. The lowest BCUT2D eigenvalue weighted by atomic mass is 10.2. The largest absolute Gasteiger partial charge is 0.490 e. The average molecular weight is 338 g/mol. The highest BCUT2D eigenvalue weighted by atomic mass is 32.1. The van der Waals surface area contributed by atoms with Crippen LogP contribution in [0.4, 0.5) is 5.69 Å². The van der Waals surface area contributed by atoms with E-state index < -0.39 is 4.92 Å². The summed E-state index contributed by atoms with van der Waals surface area (Å²) in [5.41, 5.74) is 2.87. The van der Waals surface area contributed by atoms with Crippen molar-refractivity contribution in [3.05, 3.63) is 40.5 Å². The number of nitro benzene ring substituents is 1. The third-order valence-electron chi connectivity index (χ3n) is 2.54. The molecule has 124 valence electrons. The van der Waals surface area contributed by atoms with Crippen LogP contribution in [0.25, 0.3) is 0 Å². The number of thiocarbonyl (C=S) groups is 1. The number of nitrogens with zero attached hydrogens (tertiary/aromatic N) is 2. The first-order valence-electron chi connectivity index (χ1n) is 6.70. The first-order chi connectivity index (χ1) is 11.0. The van der Waals surface area contributed by atoms with Crippen molar-refractivity contribution in [1.29, 1.82) is 0 Å². The molecule has 0 aliphatic heterocycles. The van der Waals surface area contributed by atoms with E-state index >= 15 is 0 Å². The van der Waals surface area contributed by atoms with E-state index in [2.05, 4.69) is 22.4 Å². The molecule has 1 aromatic rings. The highest BCUT2D eigenvalue weighted by Gasteiger charge is 2.21. The molecule has 0 aliphatic rings. The number of hydrogen-bond acceptors (Lipinski definition) is 6. The molecule has 0 aliphatic carbocycles. The summed E-state index contributed by atoms with van der Waals surface area (Å²) in [6, 6.07) is 2.94. The minimum absolute atomic E-state index is 0.0742. The fraction of sp³-hybridized carbons (Fsp3) is 0.286. The van der Waals surface area contributed by atoms with E-state index in [9.17, 15) is 10.1 Å². The molecule has 0 unspecified atom stereocenters. The van der Waals surface area contributed by atoms with Crippen molar-refractivity contribution in [1.82, 2.24) is 10.7 Å². The second-order valence-corrected chi connectivity index (χ2v) is 4.54. The number of nitrogens with one attached hydrogen (secondary N) is 2. The molecule has 0 saturated carbocycles. The zero-order valence-corrected chi connectivity index (χ0v) is 13.7. The van der Waals surface area contributed by atoms with E-state index in [1.165, 1.54) is 19.4 Å². The van der Waals surface area contributed by atoms with Gasteiger partial charge in [-0.15, -0.1) is 6.58 Å². The summed E-state index contributed by atoms with van der Waals surface area (Å²) >= 11 is 4.97. The topological polar surface area (TPSA) is 98.0 Å². The van der Waals surface area contributed by atoms with Gasteiger partial charge in [-0.1, -0.05) is 6.08 Å².